The number of ether oxygens (including phenoxy) is 3. The Morgan fingerprint density at radius 3 is 2.54 bits per heavy atom. The molecule has 0 radical (unpaired) electrons. The van der Waals surface area contributed by atoms with Crippen molar-refractivity contribution >= 4 is 23.5 Å². The maximum Gasteiger partial charge on any atom is 0.340 e. The van der Waals surface area contributed by atoms with Crippen LogP contribution >= 0.6 is 0 Å². The minimum atomic E-state index is -2.23. The molecule has 7 atom stereocenters. The van der Waals surface area contributed by atoms with Gasteiger partial charge in [-0.25, -0.2) is 9.59 Å². The van der Waals surface area contributed by atoms with Crippen LogP contribution in [0.4, 0.5) is 0 Å². The van der Waals surface area contributed by atoms with Crippen LogP contribution in [0.1, 0.15) is 33.6 Å². The van der Waals surface area contributed by atoms with Crippen LogP contribution in [0, 0.1) is 11.3 Å². The van der Waals surface area contributed by atoms with E-state index in [-0.39, 0.29) is 24.0 Å². The van der Waals surface area contributed by atoms with Crippen molar-refractivity contribution in [2.45, 2.75) is 63.1 Å². The molecule has 1 spiro atoms. The Morgan fingerprint density at radius 1 is 1.23 bits per heavy atom. The van der Waals surface area contributed by atoms with E-state index in [0.29, 0.717) is 0 Å². The van der Waals surface area contributed by atoms with E-state index in [0.717, 1.165) is 0 Å². The van der Waals surface area contributed by atoms with Crippen LogP contribution in [0.15, 0.2) is 47.3 Å². The predicted octanol–water partition coefficient (Wildman–Crippen LogP) is 0.773. The molecule has 0 aromatic heterocycles. The number of esters is 2. The van der Waals surface area contributed by atoms with E-state index in [1.807, 2.05) is 0 Å². The van der Waals surface area contributed by atoms with Gasteiger partial charge in [0.15, 0.2) is 23.3 Å². The highest BCUT2D eigenvalue weighted by Crippen LogP contribution is 2.61. The second kappa shape index (κ2) is 8.25. The number of aliphatic hydroxyl groups is 3. The van der Waals surface area contributed by atoms with Crippen LogP contribution < -0.4 is 0 Å². The van der Waals surface area contributed by atoms with E-state index < -0.39 is 70.1 Å². The van der Waals surface area contributed by atoms with Gasteiger partial charge in [-0.2, -0.15) is 0 Å². The molecule has 1 heterocycles. The van der Waals surface area contributed by atoms with Gasteiger partial charge in [0, 0.05) is 23.5 Å². The maximum atomic E-state index is 13.7. The molecule has 3 N–H and O–H groups in total. The van der Waals surface area contributed by atoms with Crippen molar-refractivity contribution < 1.29 is 48.7 Å². The first-order chi connectivity index (χ1) is 16.4. The van der Waals surface area contributed by atoms with E-state index in [2.05, 4.69) is 0 Å². The van der Waals surface area contributed by atoms with Gasteiger partial charge in [-0.15, -0.1) is 0 Å². The number of methoxy groups -OCH3 is 1. The van der Waals surface area contributed by atoms with E-state index >= 15 is 0 Å². The molecule has 3 saturated carbocycles. The molecule has 5 rings (SSSR count). The summed E-state index contributed by atoms with van der Waals surface area (Å²) in [5, 5.41) is 32.3. The summed E-state index contributed by atoms with van der Waals surface area (Å²) in [6.45, 7) is 4.20. The zero-order valence-electron chi connectivity index (χ0n) is 19.8. The Kier molecular flexibility index (Phi) is 5.90. The molecule has 1 saturated heterocycles. The van der Waals surface area contributed by atoms with Crippen LogP contribution in [0.3, 0.4) is 0 Å². The summed E-state index contributed by atoms with van der Waals surface area (Å²) in [4.78, 5) is 52.7. The summed E-state index contributed by atoms with van der Waals surface area (Å²) in [5.41, 5.74) is -6.51. The Balaban J connectivity index is 1.81. The molecular formula is C25H28O10. The van der Waals surface area contributed by atoms with Crippen LogP contribution in [-0.4, -0.2) is 75.4 Å². The summed E-state index contributed by atoms with van der Waals surface area (Å²) in [7, 11) is 1.18. The van der Waals surface area contributed by atoms with Crippen molar-refractivity contribution in [3.05, 3.63) is 47.3 Å². The Labute approximate surface area is 201 Å². The molecular weight excluding hydrogens is 460 g/mol. The van der Waals surface area contributed by atoms with Gasteiger partial charge in [-0.3, -0.25) is 9.59 Å². The molecule has 2 bridgehead atoms. The van der Waals surface area contributed by atoms with Gasteiger partial charge in [-0.05, 0) is 39.3 Å². The Hall–Kier alpha value is -3.08. The predicted molar refractivity (Wildman–Crippen MR) is 119 cm³/mol. The second-order valence-corrected chi connectivity index (χ2v) is 9.60. The number of Topliss-reactive ketones (excluding diaryl/α,β-unsaturated/α-hetero) is 2. The van der Waals surface area contributed by atoms with Gasteiger partial charge in [0.05, 0.1) is 7.11 Å². The monoisotopic (exact) mass is 488 g/mol. The van der Waals surface area contributed by atoms with Crippen molar-refractivity contribution in [2.75, 3.05) is 7.11 Å². The third-order valence-corrected chi connectivity index (χ3v) is 7.64. The first kappa shape index (κ1) is 25.0. The van der Waals surface area contributed by atoms with Crippen LogP contribution in [0.25, 0.3) is 0 Å². The quantitative estimate of drug-likeness (QED) is 0.170. The highest BCUT2D eigenvalue weighted by molar-refractivity contribution is 6.25. The molecule has 5 aliphatic rings. The standard InChI is InChI=1S/C25H28O10/c1-5-6-7-8-14(26)17-13-11-25(23(2,19(17)28)21(30)24(13,3)32)22(31)34-18-15(27)9-12(20(29)33-4)10-16(18)35-25/h5-9,13,15-16,18,26-27,32H,10-11H2,1-4H3/b6-5+,8-7+,17-14-/t13?,15-,16+,18+,23?,24-,25-/m0/s1. The van der Waals surface area contributed by atoms with E-state index in [9.17, 15) is 34.5 Å². The number of hydrogen-bond acceptors (Lipinski definition) is 10. The molecule has 0 aromatic carbocycles. The smallest absolute Gasteiger partial charge is 0.340 e. The number of aliphatic hydroxyl groups excluding tert-OH is 2. The van der Waals surface area contributed by atoms with E-state index in [1.54, 1.807) is 19.1 Å². The highest BCUT2D eigenvalue weighted by Gasteiger charge is 2.79. The lowest BCUT2D eigenvalue weighted by Crippen LogP contribution is -2.79. The third-order valence-electron chi connectivity index (χ3n) is 7.64. The van der Waals surface area contributed by atoms with E-state index in [4.69, 9.17) is 14.2 Å². The van der Waals surface area contributed by atoms with Crippen LogP contribution in [-0.2, 0) is 33.4 Å². The van der Waals surface area contributed by atoms with Gasteiger partial charge in [0.1, 0.15) is 29.0 Å². The molecule has 2 unspecified atom stereocenters. The fourth-order valence-electron chi connectivity index (χ4n) is 5.72. The third kappa shape index (κ3) is 3.27. The van der Waals surface area contributed by atoms with Crippen LogP contribution in [0.5, 0.6) is 0 Å². The molecule has 188 valence electrons. The minimum absolute atomic E-state index is 0.0943. The normalized spacial score (nSPS) is 42.3. The largest absolute Gasteiger partial charge is 0.508 e. The summed E-state index contributed by atoms with van der Waals surface area (Å²) in [6.07, 6.45) is 3.29. The summed E-state index contributed by atoms with van der Waals surface area (Å²) in [6, 6.07) is 0. The number of fused-ring (bicyclic) bond motifs is 3. The van der Waals surface area contributed by atoms with Crippen molar-refractivity contribution in [3.8, 4) is 0 Å². The van der Waals surface area contributed by atoms with Crippen LogP contribution in [0.2, 0.25) is 0 Å². The number of ketones is 2. The van der Waals surface area contributed by atoms with Gasteiger partial charge in [0.25, 0.3) is 0 Å². The maximum absolute atomic E-state index is 13.7. The van der Waals surface area contributed by atoms with Crippen molar-refractivity contribution in [1.82, 2.24) is 0 Å². The van der Waals surface area contributed by atoms with Crippen molar-refractivity contribution in [1.29, 1.82) is 0 Å². The number of hydrogen-bond donors (Lipinski definition) is 3. The minimum Gasteiger partial charge on any atom is -0.508 e. The first-order valence-corrected chi connectivity index (χ1v) is 11.3. The molecule has 10 nitrogen and oxygen atoms in total. The zero-order chi connectivity index (χ0) is 25.9. The van der Waals surface area contributed by atoms with Crippen molar-refractivity contribution in [3.63, 3.8) is 0 Å². The lowest BCUT2D eigenvalue weighted by atomic mass is 9.45. The van der Waals surface area contributed by atoms with Gasteiger partial charge in [-0.1, -0.05) is 18.2 Å². The lowest BCUT2D eigenvalue weighted by molar-refractivity contribution is -0.275. The highest BCUT2D eigenvalue weighted by atomic mass is 16.6. The lowest BCUT2D eigenvalue weighted by Gasteiger charge is -2.61. The average molecular weight is 488 g/mol. The molecule has 0 amide bonds. The van der Waals surface area contributed by atoms with Gasteiger partial charge in [0.2, 0.25) is 0 Å². The first-order valence-electron chi connectivity index (χ1n) is 11.3. The molecule has 35 heavy (non-hydrogen) atoms. The number of rotatable bonds is 3. The Bertz CT molecular complexity index is 1130. The second-order valence-electron chi connectivity index (χ2n) is 9.60. The fraction of sp³-hybridized carbons (Fsp3) is 0.520. The summed E-state index contributed by atoms with van der Waals surface area (Å²) >= 11 is 0. The number of allylic oxidation sites excluding steroid dienone is 4. The number of carbonyl (C=O) groups is 4. The van der Waals surface area contributed by atoms with Gasteiger partial charge < -0.3 is 29.5 Å². The fourth-order valence-corrected chi connectivity index (χ4v) is 5.72. The average Bonchev–Trinajstić information content (AvgIpc) is 2.81. The molecule has 1 aliphatic heterocycles. The molecule has 0 aromatic rings. The van der Waals surface area contributed by atoms with E-state index in [1.165, 1.54) is 39.2 Å². The molecule has 4 aliphatic carbocycles. The Morgan fingerprint density at radius 2 is 1.91 bits per heavy atom. The zero-order valence-corrected chi connectivity index (χ0v) is 19.8. The molecule has 10 heteroatoms. The van der Waals surface area contributed by atoms with Gasteiger partial charge >= 0.3 is 11.9 Å². The van der Waals surface area contributed by atoms with Crippen molar-refractivity contribution in [2.24, 2.45) is 11.3 Å². The topological polar surface area (TPSA) is 157 Å². The SMILES string of the molecule is C/C=C/C=C/C(O)=C1/C(=O)C2(C)C(=O)[C@@](C)(O)C1C[C@@]21O[C@@H]2CC(C(=O)OC)=C[C@H](O)[C@H]2OC1=O. The number of carbonyl (C=O) groups excluding carboxylic acids is 4. The summed E-state index contributed by atoms with van der Waals surface area (Å²) in [5.74, 6) is -5.23. The summed E-state index contributed by atoms with van der Waals surface area (Å²) < 4.78 is 16.4. The molecule has 4 fully saturated rings.